The molecule has 0 saturated heterocycles. The van der Waals surface area contributed by atoms with Crippen LogP contribution in [0.3, 0.4) is 0 Å². The normalized spacial score (nSPS) is 11.9. The average Bonchev–Trinajstić information content (AvgIpc) is 1.61. The van der Waals surface area contributed by atoms with Gasteiger partial charge in [0.05, 0.1) is 52.7 Å². The van der Waals surface area contributed by atoms with Crippen LogP contribution in [0, 0.1) is 80.6 Å². The molecule has 0 saturated carbocycles. The third kappa shape index (κ3) is 28.7. The smallest absolute Gasteiger partial charge is 0.416 e. The lowest BCUT2D eigenvalue weighted by Gasteiger charge is -2.32. The number of fused-ring (bicyclic) bond motifs is 2. The Bertz CT molecular complexity index is 6310. The predicted octanol–water partition coefficient (Wildman–Crippen LogP) is 24.6. The third-order valence-electron chi connectivity index (χ3n) is 21.7. The van der Waals surface area contributed by atoms with Crippen LogP contribution in [0.4, 0.5) is 47.3 Å². The summed E-state index contributed by atoms with van der Waals surface area (Å²) >= 11 is 25.5. The Morgan fingerprint density at radius 2 is 1.09 bits per heavy atom. The monoisotopic (exact) mass is 1920 g/mol. The number of ether oxygens (including phenoxy) is 2. The number of aromatic hydroxyl groups is 2. The Labute approximate surface area is 801 Å². The number of amides is 4. The van der Waals surface area contributed by atoms with Crippen LogP contribution in [0.25, 0.3) is 0 Å². The number of phenols is 2. The molecular weight excluding hydrogens is 1810 g/mol. The number of nitrogens with zero attached hydrogens (tertiary/aromatic N) is 5. The Morgan fingerprint density at radius 3 is 1.68 bits per heavy atom. The fourth-order valence-corrected chi connectivity index (χ4v) is 17.6. The molecule has 7 N–H and O–H groups in total. The molecule has 133 heavy (non-hydrogen) atoms. The molecule has 14 rings (SSSR count). The first-order valence-corrected chi connectivity index (χ1v) is 46.6. The van der Waals surface area contributed by atoms with Crippen LogP contribution in [0.1, 0.15) is 150 Å². The van der Waals surface area contributed by atoms with Gasteiger partial charge in [-0.2, -0.15) is 18.4 Å². The van der Waals surface area contributed by atoms with Gasteiger partial charge in [-0.25, -0.2) is 13.3 Å². The molecule has 29 heteroatoms. The van der Waals surface area contributed by atoms with Crippen molar-refractivity contribution in [2.24, 2.45) is 0 Å². The van der Waals surface area contributed by atoms with Crippen molar-refractivity contribution in [3.63, 3.8) is 0 Å². The number of likely N-dealkylation sites (N-methyl/N-ethyl adjacent to an activating group) is 1. The molecule has 0 radical (unpaired) electrons. The lowest BCUT2D eigenvalue weighted by Crippen LogP contribution is -2.32. The summed E-state index contributed by atoms with van der Waals surface area (Å²) in [6.45, 7) is 24.3. The van der Waals surface area contributed by atoms with Crippen LogP contribution >= 0.6 is 58.2 Å². The summed E-state index contributed by atoms with van der Waals surface area (Å²) in [5.41, 5.74) is 17.2. The van der Waals surface area contributed by atoms with Crippen LogP contribution in [-0.2, 0) is 42.3 Å². The van der Waals surface area contributed by atoms with Crippen molar-refractivity contribution in [1.29, 1.82) is 5.26 Å². The minimum atomic E-state index is -4.58. The highest BCUT2D eigenvalue weighted by atomic mass is 35.5. The number of imide groups is 1. The Morgan fingerprint density at radius 1 is 0.564 bits per heavy atom. The van der Waals surface area contributed by atoms with Crippen molar-refractivity contribution < 1.29 is 65.6 Å². The molecule has 0 atom stereocenters. The van der Waals surface area contributed by atoms with E-state index in [1.165, 1.54) is 54.1 Å². The van der Waals surface area contributed by atoms with Gasteiger partial charge >= 0.3 is 6.18 Å². The molecule has 4 amide bonds. The highest BCUT2D eigenvalue weighted by Gasteiger charge is 2.41. The van der Waals surface area contributed by atoms with Crippen LogP contribution in [0.2, 0.25) is 20.1 Å². The molecule has 12 aromatic rings. The van der Waals surface area contributed by atoms with E-state index < -0.39 is 33.6 Å². The van der Waals surface area contributed by atoms with Gasteiger partial charge in [0.2, 0.25) is 0 Å². The fraction of sp³-hybridized carbons (Fsp3) is 0.260. The van der Waals surface area contributed by atoms with E-state index in [9.17, 15) is 56.1 Å². The molecule has 0 spiro atoms. The Hall–Kier alpha value is -12.1. The van der Waals surface area contributed by atoms with Crippen molar-refractivity contribution in [1.82, 2.24) is 9.80 Å². The molecule has 2 aliphatic rings. The van der Waals surface area contributed by atoms with E-state index in [1.807, 2.05) is 165 Å². The number of benzene rings is 12. The van der Waals surface area contributed by atoms with E-state index in [2.05, 4.69) is 57.6 Å². The number of nitrogens with one attached hydrogen (secondary N) is 4. The molecule has 0 bridgehead atoms. The highest BCUT2D eigenvalue weighted by molar-refractivity contribution is 8.00. The number of aliphatic hydroxyl groups is 1. The van der Waals surface area contributed by atoms with Gasteiger partial charge in [-0.1, -0.05) is 139 Å². The van der Waals surface area contributed by atoms with Gasteiger partial charge in [0.15, 0.2) is 6.73 Å². The van der Waals surface area contributed by atoms with Crippen molar-refractivity contribution in [3.05, 3.63) is 350 Å². The van der Waals surface area contributed by atoms with Crippen LogP contribution in [0.5, 0.6) is 23.0 Å². The van der Waals surface area contributed by atoms with E-state index in [-0.39, 0.29) is 62.8 Å². The molecule has 12 aromatic carbocycles. The van der Waals surface area contributed by atoms with Crippen molar-refractivity contribution >= 4 is 126 Å². The van der Waals surface area contributed by atoms with Gasteiger partial charge in [-0.3, -0.25) is 23.9 Å². The number of nitriles is 1. The summed E-state index contributed by atoms with van der Waals surface area (Å²) in [7, 11) is 3.81. The lowest BCUT2D eigenvalue weighted by molar-refractivity contribution is -0.138. The molecule has 0 fully saturated rings. The number of anilines is 6. The molecule has 0 unspecified atom stereocenters. The molecular formula is C104H110Cl4F3N9O11S2. The first-order valence-electron chi connectivity index (χ1n) is 42.7. The quantitative estimate of drug-likeness (QED) is 0.0219. The minimum Gasteiger partial charge on any atom is -0.508 e. The first kappa shape index (κ1) is 105. The summed E-state index contributed by atoms with van der Waals surface area (Å²) < 4.78 is 79.8. The van der Waals surface area contributed by atoms with Crippen LogP contribution < -0.4 is 39.9 Å². The number of sulfonamides is 1. The number of carbonyl (C=O) groups excluding carboxylic acids is 4. The molecule has 698 valence electrons. The number of rotatable bonds is 24. The van der Waals surface area contributed by atoms with Crippen molar-refractivity contribution in [2.45, 2.75) is 131 Å². The van der Waals surface area contributed by atoms with Gasteiger partial charge in [0.1, 0.15) is 34.5 Å². The first-order chi connectivity index (χ1) is 63.1. The van der Waals surface area contributed by atoms with Gasteiger partial charge in [-0.05, 0) is 317 Å². The number of halogens is 7. The fourth-order valence-electron chi connectivity index (χ4n) is 14.2. The van der Waals surface area contributed by atoms with Gasteiger partial charge in [-0.15, -0.1) is 11.8 Å². The van der Waals surface area contributed by atoms with Crippen molar-refractivity contribution in [3.8, 4) is 29.1 Å². The summed E-state index contributed by atoms with van der Waals surface area (Å²) in [5.74, 6) is 0.495. The largest absolute Gasteiger partial charge is 0.508 e. The minimum absolute atomic E-state index is 0.0144. The summed E-state index contributed by atoms with van der Waals surface area (Å²) in [6.07, 6.45) is -1.50. The van der Waals surface area contributed by atoms with E-state index in [1.54, 1.807) is 104 Å². The van der Waals surface area contributed by atoms with Crippen LogP contribution in [0.15, 0.2) is 228 Å². The maximum atomic E-state index is 13.2. The number of carbonyl (C=O) groups is 4. The second-order valence-corrected chi connectivity index (χ2v) is 36.8. The summed E-state index contributed by atoms with van der Waals surface area (Å²) in [6, 6.07) is 65.4. The van der Waals surface area contributed by atoms with E-state index >= 15 is 0 Å². The van der Waals surface area contributed by atoms with Crippen LogP contribution in [-0.4, -0.2) is 118 Å². The number of aliphatic hydroxyl groups excluding tert-OH is 1. The number of phenolic OH excluding ortho intramolecular Hbond substituents is 2. The number of hydrogen-bond donors (Lipinski definition) is 7. The number of aryl methyl sites for hydroxylation is 11. The molecule has 0 aliphatic carbocycles. The number of hydrogen-bond acceptors (Lipinski definition) is 17. The zero-order valence-electron chi connectivity index (χ0n) is 76.9. The topological polar surface area (TPSA) is 266 Å². The Kier molecular flexibility index (Phi) is 38.2. The molecule has 20 nitrogen and oxygen atoms in total. The zero-order valence-corrected chi connectivity index (χ0v) is 81.5. The molecule has 2 heterocycles. The number of thioether (sulfide) groups is 1. The molecule has 0 aromatic heterocycles. The van der Waals surface area contributed by atoms with E-state index in [0.29, 0.717) is 69.6 Å². The van der Waals surface area contributed by atoms with E-state index in [0.717, 1.165) is 143 Å². The predicted molar refractivity (Wildman–Crippen MR) is 532 cm³/mol. The third-order valence-corrected chi connectivity index (χ3v) is 26.0. The Balaban J connectivity index is 0.000000181. The lowest BCUT2D eigenvalue weighted by atomic mass is 9.97. The van der Waals surface area contributed by atoms with Gasteiger partial charge < -0.3 is 55.4 Å². The summed E-state index contributed by atoms with van der Waals surface area (Å²) in [5, 5.41) is 50.0. The standard InChI is InChI=1S/C20H19F3N2O3.C20H22N2O.C18H23ClN2O3S2.C16H16ClNO.C15H14ClNO2.C15H16ClNO/c1-12-7-8-13(11-15(12)20(21,22)23)25-18(26)14-5-4-6-16(17(14)19(25)27)28-10-9-24(2)3;1-4-5-8-16-9-6-7-14(2)19(16)20(23)22-18-11-10-17(13-21)15(3)12-18;1-13-11-15(7-8-16(13)19)20-26(23,24)18-14(12-22)5-4-6-17(18)25-10-9-21(2)3;1-11-4-3-5-16-14(11)9-18(10-19-16)13-6-7-15(17)12(2)8-13;1-9-4-3-5-13(18)14(9)15(19)17-11-6-7-12(16)10(2)8-11;1-10-4-3-5-15(18)13(10)9-17-12-6-7-14(16)11(2)8-12/h4-8,11H,9-10H2,1-3H3;6-7,9-12H,4-5,8H2,1-3H3,(H,22,23);4-8,11,20,22H,9-10,12H2,1-3H3;3-8H,9-10H2,1-2H3;3-8,18H,1-2H3,(H,17,19);3-8,17-18H,9H2,1-2H3. The van der Waals surface area contributed by atoms with Gasteiger partial charge in [0.25, 0.3) is 33.7 Å². The number of alkyl halides is 3. The highest BCUT2D eigenvalue weighted by Crippen LogP contribution is 2.41. The second kappa shape index (κ2) is 48.6. The SMILES string of the molecule is CCCCc1cccc(C)c1C(=O)Nc1ccc(C#N)c(C)c1.Cc1cc(N2COc3cccc(C)c3C2)ccc1Cl.Cc1cc(NC(=O)c2c(C)cccc2O)ccc1Cl.Cc1cc(NCc2c(C)cccc2O)ccc1Cl.Cc1cc(NS(=O)(=O)c2c(CO)cccc2SCCN(C)C)ccc1Cl.Cc1ccc(N2C(=O)c3cccc(OCCN(C)C)c3C2=O)cc1C(F)(F)F. The average molecular weight is 1930 g/mol. The van der Waals surface area contributed by atoms with Crippen molar-refractivity contribution in [2.75, 3.05) is 90.8 Å². The second-order valence-electron chi connectivity index (χ2n) is 32.4. The summed E-state index contributed by atoms with van der Waals surface area (Å²) in [4.78, 5) is 58.2. The maximum absolute atomic E-state index is 13.2. The number of unbranched alkanes of at least 4 members (excludes halogenated alkanes) is 1. The molecule has 2 aliphatic heterocycles. The zero-order chi connectivity index (χ0) is 97.3. The maximum Gasteiger partial charge on any atom is 0.416 e. The van der Waals surface area contributed by atoms with Gasteiger partial charge in [0, 0.05) is 95.5 Å². The van der Waals surface area contributed by atoms with E-state index in [4.69, 9.17) is 61.1 Å².